The summed E-state index contributed by atoms with van der Waals surface area (Å²) in [5.74, 6) is 0.348. The third-order valence-corrected chi connectivity index (χ3v) is 2.57. The first kappa shape index (κ1) is 7.21. The molecule has 62 valence electrons. The third-order valence-electron chi connectivity index (χ3n) is 2.57. The quantitative estimate of drug-likeness (QED) is 0.440. The van der Waals surface area contributed by atoms with Gasteiger partial charge in [0, 0.05) is 13.0 Å². The zero-order valence-electron chi connectivity index (χ0n) is 6.44. The SMILES string of the molecule is O=C1CCCCC12CNNN2. The number of hydrazine groups is 2. The molecule has 1 saturated heterocycles. The zero-order valence-corrected chi connectivity index (χ0v) is 6.44. The molecule has 1 aliphatic heterocycles. The summed E-state index contributed by atoms with van der Waals surface area (Å²) in [6.45, 7) is 0.728. The van der Waals surface area contributed by atoms with E-state index in [0.29, 0.717) is 5.78 Å². The van der Waals surface area contributed by atoms with Gasteiger partial charge in [0.15, 0.2) is 5.78 Å². The molecular formula is C7H13N3O. The molecule has 1 heterocycles. The first-order valence-electron chi connectivity index (χ1n) is 4.12. The van der Waals surface area contributed by atoms with E-state index in [1.165, 1.54) is 0 Å². The van der Waals surface area contributed by atoms with E-state index in [4.69, 9.17) is 0 Å². The maximum atomic E-state index is 11.5. The number of nitrogens with one attached hydrogen (secondary N) is 3. The predicted octanol–water partition coefficient (Wildman–Crippen LogP) is -0.519. The second-order valence-corrected chi connectivity index (χ2v) is 3.32. The van der Waals surface area contributed by atoms with Crippen LogP contribution >= 0.6 is 0 Å². The molecule has 3 N–H and O–H groups in total. The van der Waals surface area contributed by atoms with Gasteiger partial charge in [-0.15, -0.1) is 0 Å². The Labute approximate surface area is 65.7 Å². The first-order valence-corrected chi connectivity index (χ1v) is 4.12. The van der Waals surface area contributed by atoms with Crippen molar-refractivity contribution in [3.8, 4) is 0 Å². The Kier molecular flexibility index (Phi) is 1.67. The number of ketones is 1. The average Bonchev–Trinajstić information content (AvgIpc) is 2.46. The fourth-order valence-corrected chi connectivity index (χ4v) is 1.81. The lowest BCUT2D eigenvalue weighted by atomic mass is 9.81. The molecule has 4 heteroatoms. The summed E-state index contributed by atoms with van der Waals surface area (Å²) in [6.07, 6.45) is 3.91. The molecule has 2 aliphatic rings. The van der Waals surface area contributed by atoms with Gasteiger partial charge in [0.2, 0.25) is 0 Å². The molecule has 0 aromatic rings. The van der Waals surface area contributed by atoms with Gasteiger partial charge in [-0.25, -0.2) is 10.9 Å². The second kappa shape index (κ2) is 2.55. The van der Waals surface area contributed by atoms with Gasteiger partial charge in [-0.1, -0.05) is 6.42 Å². The number of hydrogen-bond acceptors (Lipinski definition) is 4. The number of hydrogen-bond donors (Lipinski definition) is 3. The fraction of sp³-hybridized carbons (Fsp3) is 0.857. The summed E-state index contributed by atoms with van der Waals surface area (Å²) in [5.41, 5.74) is 8.46. The highest BCUT2D eigenvalue weighted by molar-refractivity contribution is 5.89. The molecule has 0 radical (unpaired) electrons. The zero-order chi connectivity index (χ0) is 7.73. The predicted molar refractivity (Wildman–Crippen MR) is 40.5 cm³/mol. The van der Waals surface area contributed by atoms with Crippen LogP contribution in [-0.4, -0.2) is 17.9 Å². The molecule has 1 aliphatic carbocycles. The van der Waals surface area contributed by atoms with Crippen molar-refractivity contribution in [1.82, 2.24) is 16.4 Å². The molecule has 0 aromatic carbocycles. The molecular weight excluding hydrogens is 142 g/mol. The van der Waals surface area contributed by atoms with Gasteiger partial charge in [0.05, 0.1) is 0 Å². The molecule has 0 bridgehead atoms. The Morgan fingerprint density at radius 1 is 1.36 bits per heavy atom. The van der Waals surface area contributed by atoms with E-state index in [1.54, 1.807) is 0 Å². The summed E-state index contributed by atoms with van der Waals surface area (Å²) in [6, 6.07) is 0. The highest BCUT2D eigenvalue weighted by Gasteiger charge is 2.41. The lowest BCUT2D eigenvalue weighted by Crippen LogP contribution is -2.53. The normalized spacial score (nSPS) is 38.4. The van der Waals surface area contributed by atoms with Crippen LogP contribution in [0.4, 0.5) is 0 Å². The van der Waals surface area contributed by atoms with Crippen molar-refractivity contribution in [2.24, 2.45) is 0 Å². The van der Waals surface area contributed by atoms with Crippen molar-refractivity contribution in [2.75, 3.05) is 6.54 Å². The van der Waals surface area contributed by atoms with Gasteiger partial charge in [-0.2, -0.15) is 5.53 Å². The van der Waals surface area contributed by atoms with Crippen molar-refractivity contribution in [2.45, 2.75) is 31.2 Å². The molecule has 1 unspecified atom stereocenters. The molecule has 0 aromatic heterocycles. The second-order valence-electron chi connectivity index (χ2n) is 3.32. The van der Waals surface area contributed by atoms with Crippen LogP contribution in [0.25, 0.3) is 0 Å². The summed E-state index contributed by atoms with van der Waals surface area (Å²) in [7, 11) is 0. The summed E-state index contributed by atoms with van der Waals surface area (Å²) in [5, 5.41) is 0. The van der Waals surface area contributed by atoms with Crippen molar-refractivity contribution < 1.29 is 4.79 Å². The van der Waals surface area contributed by atoms with Crippen LogP contribution in [0.5, 0.6) is 0 Å². The van der Waals surface area contributed by atoms with Crippen LogP contribution in [0.15, 0.2) is 0 Å². The Morgan fingerprint density at radius 3 is 2.91 bits per heavy atom. The van der Waals surface area contributed by atoms with E-state index < -0.39 is 0 Å². The van der Waals surface area contributed by atoms with Gasteiger partial charge >= 0.3 is 0 Å². The maximum absolute atomic E-state index is 11.5. The largest absolute Gasteiger partial charge is 0.298 e. The standard InChI is InChI=1S/C7H13N3O/c11-6-3-1-2-4-7(6)5-8-10-9-7/h8-10H,1-5H2. The minimum Gasteiger partial charge on any atom is -0.298 e. The van der Waals surface area contributed by atoms with E-state index in [-0.39, 0.29) is 5.54 Å². The molecule has 1 spiro atoms. The Hall–Kier alpha value is -0.450. The van der Waals surface area contributed by atoms with E-state index in [9.17, 15) is 4.79 Å². The Bertz CT molecular complexity index is 175. The average molecular weight is 155 g/mol. The summed E-state index contributed by atoms with van der Waals surface area (Å²) < 4.78 is 0. The van der Waals surface area contributed by atoms with Gasteiger partial charge in [-0.3, -0.25) is 4.79 Å². The van der Waals surface area contributed by atoms with Crippen LogP contribution in [0, 0.1) is 0 Å². The van der Waals surface area contributed by atoms with Crippen LogP contribution in [0.3, 0.4) is 0 Å². The van der Waals surface area contributed by atoms with E-state index >= 15 is 0 Å². The fourth-order valence-electron chi connectivity index (χ4n) is 1.81. The van der Waals surface area contributed by atoms with E-state index in [0.717, 1.165) is 32.2 Å². The topological polar surface area (TPSA) is 53.2 Å². The number of carbonyl (C=O) groups excluding carboxylic acids is 1. The Morgan fingerprint density at radius 2 is 2.27 bits per heavy atom. The number of rotatable bonds is 0. The van der Waals surface area contributed by atoms with Gasteiger partial charge in [0.25, 0.3) is 0 Å². The van der Waals surface area contributed by atoms with Crippen LogP contribution < -0.4 is 16.4 Å². The smallest absolute Gasteiger partial charge is 0.155 e. The summed E-state index contributed by atoms with van der Waals surface area (Å²) >= 11 is 0. The molecule has 11 heavy (non-hydrogen) atoms. The molecule has 0 amide bonds. The van der Waals surface area contributed by atoms with Crippen LogP contribution in [-0.2, 0) is 4.79 Å². The van der Waals surface area contributed by atoms with E-state index in [2.05, 4.69) is 16.4 Å². The van der Waals surface area contributed by atoms with Crippen molar-refractivity contribution in [3.63, 3.8) is 0 Å². The number of carbonyl (C=O) groups is 1. The van der Waals surface area contributed by atoms with Crippen molar-refractivity contribution in [1.29, 1.82) is 0 Å². The maximum Gasteiger partial charge on any atom is 0.155 e. The lowest BCUT2D eigenvalue weighted by molar-refractivity contribution is -0.126. The molecule has 1 atom stereocenters. The van der Waals surface area contributed by atoms with Crippen molar-refractivity contribution >= 4 is 5.78 Å². The molecule has 2 rings (SSSR count). The van der Waals surface area contributed by atoms with Crippen LogP contribution in [0.2, 0.25) is 0 Å². The molecule has 2 fully saturated rings. The molecule has 1 saturated carbocycles. The van der Waals surface area contributed by atoms with Gasteiger partial charge < -0.3 is 0 Å². The Balaban J connectivity index is 2.13. The van der Waals surface area contributed by atoms with Gasteiger partial charge in [0.1, 0.15) is 5.54 Å². The monoisotopic (exact) mass is 155 g/mol. The number of Topliss-reactive ketones (excluding diaryl/α,β-unsaturated/α-hetero) is 1. The van der Waals surface area contributed by atoms with Crippen molar-refractivity contribution in [3.05, 3.63) is 0 Å². The van der Waals surface area contributed by atoms with Crippen LogP contribution in [0.1, 0.15) is 25.7 Å². The summed E-state index contributed by atoms with van der Waals surface area (Å²) in [4.78, 5) is 11.5. The minimum absolute atomic E-state index is 0.280. The first-order chi connectivity index (χ1) is 5.33. The third kappa shape index (κ3) is 1.07. The highest BCUT2D eigenvalue weighted by Crippen LogP contribution is 2.25. The lowest BCUT2D eigenvalue weighted by Gasteiger charge is -2.29. The van der Waals surface area contributed by atoms with E-state index in [1.807, 2.05) is 0 Å². The molecule has 4 nitrogen and oxygen atoms in total. The minimum atomic E-state index is -0.280. The van der Waals surface area contributed by atoms with Gasteiger partial charge in [-0.05, 0) is 12.8 Å². The highest BCUT2D eigenvalue weighted by atomic mass is 16.1.